The Morgan fingerprint density at radius 3 is 2.46 bits per heavy atom. The molecule has 1 N–H and O–H groups in total. The van der Waals surface area contributed by atoms with Crippen molar-refractivity contribution in [3.8, 4) is 23.1 Å². The molecule has 4 rings (SSSR count). The Balaban J connectivity index is 1.74. The molecule has 0 aliphatic heterocycles. The first-order valence-corrected chi connectivity index (χ1v) is 10.6. The van der Waals surface area contributed by atoms with Crippen LogP contribution in [0.15, 0.2) is 72.8 Å². The van der Waals surface area contributed by atoms with Crippen LogP contribution >= 0.6 is 0 Å². The zero-order chi connectivity index (χ0) is 25.2. The Hall–Kier alpha value is -4.21. The highest BCUT2D eigenvalue weighted by molar-refractivity contribution is 6.04. The molecule has 0 saturated carbocycles. The summed E-state index contributed by atoms with van der Waals surface area (Å²) in [5.41, 5.74) is -0.0631. The zero-order valence-corrected chi connectivity index (χ0v) is 18.7. The van der Waals surface area contributed by atoms with Crippen molar-refractivity contribution in [1.82, 2.24) is 14.8 Å². The molecule has 0 fully saturated rings. The normalized spacial score (nSPS) is 11.5. The molecule has 4 aromatic rings. The van der Waals surface area contributed by atoms with E-state index in [-0.39, 0.29) is 29.1 Å². The van der Waals surface area contributed by atoms with Gasteiger partial charge in [0.25, 0.3) is 5.91 Å². The van der Waals surface area contributed by atoms with Gasteiger partial charge in [-0.15, -0.1) is 5.10 Å². The summed E-state index contributed by atoms with van der Waals surface area (Å²) in [4.78, 5) is 16.8. The number of alkyl halides is 3. The molecule has 0 spiro atoms. The van der Waals surface area contributed by atoms with Gasteiger partial charge in [0.1, 0.15) is 5.82 Å². The van der Waals surface area contributed by atoms with Gasteiger partial charge in [-0.3, -0.25) is 4.79 Å². The molecule has 3 aromatic carbocycles. The number of amides is 1. The van der Waals surface area contributed by atoms with Crippen LogP contribution < -0.4 is 10.1 Å². The molecule has 0 saturated heterocycles. The van der Waals surface area contributed by atoms with Crippen LogP contribution in [0.5, 0.6) is 6.01 Å². The topological polar surface area (TPSA) is 69.0 Å². The summed E-state index contributed by atoms with van der Waals surface area (Å²) >= 11 is 0. The van der Waals surface area contributed by atoms with E-state index in [9.17, 15) is 22.4 Å². The molecule has 10 heteroatoms. The molecule has 0 radical (unpaired) electrons. The van der Waals surface area contributed by atoms with Crippen LogP contribution in [0.25, 0.3) is 17.1 Å². The minimum atomic E-state index is -4.53. The maximum Gasteiger partial charge on any atom is 0.416 e. The van der Waals surface area contributed by atoms with Crippen molar-refractivity contribution in [2.24, 2.45) is 0 Å². The summed E-state index contributed by atoms with van der Waals surface area (Å²) < 4.78 is 60.7. The van der Waals surface area contributed by atoms with Crippen molar-refractivity contribution in [3.05, 3.63) is 89.7 Å². The number of hydrogen-bond acceptors (Lipinski definition) is 4. The second-order valence-electron chi connectivity index (χ2n) is 7.86. The second-order valence-corrected chi connectivity index (χ2v) is 7.86. The molecule has 35 heavy (non-hydrogen) atoms. The van der Waals surface area contributed by atoms with Gasteiger partial charge in [0, 0.05) is 11.3 Å². The Morgan fingerprint density at radius 2 is 1.74 bits per heavy atom. The van der Waals surface area contributed by atoms with Crippen LogP contribution in [-0.4, -0.2) is 26.8 Å². The lowest BCUT2D eigenvalue weighted by molar-refractivity contribution is -0.137. The third-order valence-electron chi connectivity index (χ3n) is 4.84. The highest BCUT2D eigenvalue weighted by Crippen LogP contribution is 2.33. The summed E-state index contributed by atoms with van der Waals surface area (Å²) in [6.07, 6.45) is -4.80. The average Bonchev–Trinajstić information content (AvgIpc) is 3.22. The van der Waals surface area contributed by atoms with Crippen LogP contribution in [0.4, 0.5) is 23.2 Å². The van der Waals surface area contributed by atoms with Crippen LogP contribution in [0, 0.1) is 5.82 Å². The first-order chi connectivity index (χ1) is 16.6. The van der Waals surface area contributed by atoms with Crippen LogP contribution in [-0.2, 0) is 6.18 Å². The Morgan fingerprint density at radius 1 is 1.00 bits per heavy atom. The second kappa shape index (κ2) is 9.57. The lowest BCUT2D eigenvalue weighted by atomic mass is 10.1. The van der Waals surface area contributed by atoms with E-state index >= 15 is 0 Å². The molecule has 1 heterocycles. The van der Waals surface area contributed by atoms with Crippen molar-refractivity contribution >= 4 is 11.6 Å². The summed E-state index contributed by atoms with van der Waals surface area (Å²) in [5.74, 6) is -1.20. The third-order valence-corrected chi connectivity index (χ3v) is 4.84. The van der Waals surface area contributed by atoms with Gasteiger partial charge in [0.05, 0.1) is 22.9 Å². The fourth-order valence-electron chi connectivity index (χ4n) is 3.31. The molecule has 0 unspecified atom stereocenters. The predicted octanol–water partition coefficient (Wildman–Crippen LogP) is 6.13. The maximum absolute atomic E-state index is 14.0. The van der Waals surface area contributed by atoms with E-state index in [2.05, 4.69) is 15.4 Å². The molecule has 0 aliphatic rings. The SMILES string of the molecule is CC(C)Oc1nc(-c2cccc(C(F)(F)F)c2)n(-c2cccc(NC(=O)c3ccccc3F)c2)n1. The monoisotopic (exact) mass is 484 g/mol. The van der Waals surface area contributed by atoms with Crippen LogP contribution in [0.3, 0.4) is 0 Å². The number of carbonyl (C=O) groups is 1. The lowest BCUT2D eigenvalue weighted by Crippen LogP contribution is -2.14. The van der Waals surface area contributed by atoms with E-state index in [0.29, 0.717) is 11.4 Å². The number of benzene rings is 3. The van der Waals surface area contributed by atoms with E-state index in [1.54, 1.807) is 44.2 Å². The van der Waals surface area contributed by atoms with Gasteiger partial charge in [-0.05, 0) is 56.3 Å². The highest BCUT2D eigenvalue weighted by Gasteiger charge is 2.31. The number of carbonyl (C=O) groups excluding carboxylic acids is 1. The van der Waals surface area contributed by atoms with Crippen molar-refractivity contribution in [2.45, 2.75) is 26.1 Å². The summed E-state index contributed by atoms with van der Waals surface area (Å²) in [6.45, 7) is 3.53. The van der Waals surface area contributed by atoms with Crippen LogP contribution in [0.1, 0.15) is 29.8 Å². The van der Waals surface area contributed by atoms with Crippen LogP contribution in [0.2, 0.25) is 0 Å². The molecule has 6 nitrogen and oxygen atoms in total. The largest absolute Gasteiger partial charge is 0.460 e. The smallest absolute Gasteiger partial charge is 0.416 e. The minimum Gasteiger partial charge on any atom is -0.460 e. The molecule has 1 aromatic heterocycles. The van der Waals surface area contributed by atoms with Gasteiger partial charge in [0.15, 0.2) is 5.82 Å². The van der Waals surface area contributed by atoms with Gasteiger partial charge in [-0.1, -0.05) is 30.3 Å². The minimum absolute atomic E-state index is 0.0202. The van der Waals surface area contributed by atoms with Crippen molar-refractivity contribution in [1.29, 1.82) is 0 Å². The van der Waals surface area contributed by atoms with E-state index in [4.69, 9.17) is 4.74 Å². The zero-order valence-electron chi connectivity index (χ0n) is 18.7. The Labute approximate surface area is 198 Å². The number of anilines is 1. The van der Waals surface area contributed by atoms with E-state index < -0.39 is 23.5 Å². The fraction of sp³-hybridized carbons (Fsp3) is 0.160. The number of halogens is 4. The molecule has 1 amide bonds. The summed E-state index contributed by atoms with van der Waals surface area (Å²) in [6, 6.07) is 16.6. The molecule has 0 aliphatic carbocycles. The van der Waals surface area contributed by atoms with E-state index in [1.165, 1.54) is 35.0 Å². The fourth-order valence-corrected chi connectivity index (χ4v) is 3.31. The van der Waals surface area contributed by atoms with Gasteiger partial charge >= 0.3 is 12.2 Å². The number of ether oxygens (including phenoxy) is 1. The number of nitrogens with zero attached hydrogens (tertiary/aromatic N) is 3. The van der Waals surface area contributed by atoms with Crippen molar-refractivity contribution in [3.63, 3.8) is 0 Å². The van der Waals surface area contributed by atoms with Crippen molar-refractivity contribution < 1.29 is 27.1 Å². The predicted molar refractivity (Wildman–Crippen MR) is 122 cm³/mol. The average molecular weight is 484 g/mol. The molecule has 180 valence electrons. The Kier molecular flexibility index (Phi) is 6.54. The number of aromatic nitrogens is 3. The van der Waals surface area contributed by atoms with Gasteiger partial charge < -0.3 is 10.1 Å². The van der Waals surface area contributed by atoms with Gasteiger partial charge in [0.2, 0.25) is 0 Å². The number of rotatable bonds is 6. The number of nitrogens with one attached hydrogen (secondary N) is 1. The molecule has 0 bridgehead atoms. The molecular formula is C25H20F4N4O2. The van der Waals surface area contributed by atoms with Crippen molar-refractivity contribution in [2.75, 3.05) is 5.32 Å². The first kappa shape index (κ1) is 23.9. The maximum atomic E-state index is 14.0. The molecule has 0 atom stereocenters. The third kappa shape index (κ3) is 5.48. The van der Waals surface area contributed by atoms with Gasteiger partial charge in [-0.2, -0.15) is 18.2 Å². The summed E-state index contributed by atoms with van der Waals surface area (Å²) in [7, 11) is 0. The van der Waals surface area contributed by atoms with E-state index in [0.717, 1.165) is 12.1 Å². The first-order valence-electron chi connectivity index (χ1n) is 10.6. The van der Waals surface area contributed by atoms with E-state index in [1.807, 2.05) is 0 Å². The quantitative estimate of drug-likeness (QED) is 0.334. The lowest BCUT2D eigenvalue weighted by Gasteiger charge is -2.11. The molecular weight excluding hydrogens is 464 g/mol. The number of hydrogen-bond donors (Lipinski definition) is 1. The highest BCUT2D eigenvalue weighted by atomic mass is 19.4. The Bertz CT molecular complexity index is 1370. The van der Waals surface area contributed by atoms with Gasteiger partial charge in [-0.25, -0.2) is 9.07 Å². The summed E-state index contributed by atoms with van der Waals surface area (Å²) in [5, 5.41) is 6.93. The standard InChI is InChI=1S/C25H20F4N4O2/c1-15(2)35-24-31-22(16-7-5-8-17(13-16)25(27,28)29)33(32-24)19-10-6-9-18(14-19)30-23(34)20-11-3-4-12-21(20)26/h3-15H,1-2H3,(H,30,34).